The number of thiophene rings is 1. The molecule has 0 spiro atoms. The molecule has 31 heavy (non-hydrogen) atoms. The molecule has 0 aliphatic carbocycles. The van der Waals surface area contributed by atoms with Crippen LogP contribution >= 0.6 is 11.3 Å². The third kappa shape index (κ3) is 3.35. The molecule has 156 valence electrons. The van der Waals surface area contributed by atoms with Crippen molar-refractivity contribution < 1.29 is 4.74 Å². The zero-order chi connectivity index (χ0) is 20.8. The first-order valence-corrected chi connectivity index (χ1v) is 11.1. The van der Waals surface area contributed by atoms with Crippen LogP contribution in [0.1, 0.15) is 17.5 Å². The number of morpholine rings is 1. The molecule has 5 aromatic rings. The zero-order valence-electron chi connectivity index (χ0n) is 17.0. The SMILES string of the molecule is Cc1nccn1CC1CN(c2ncc3sccc3n2)CC(c2cccc3[nH]ncc23)O1. The number of aryl methyl sites for hydroxylation is 1. The molecule has 1 saturated heterocycles. The number of hydrogen-bond donors (Lipinski definition) is 1. The molecule has 8 nitrogen and oxygen atoms in total. The minimum absolute atomic E-state index is 0.0319. The van der Waals surface area contributed by atoms with E-state index in [1.807, 2.05) is 49.9 Å². The Hall–Kier alpha value is -3.30. The monoisotopic (exact) mass is 431 g/mol. The Kier molecular flexibility index (Phi) is 4.43. The number of hydrogen-bond acceptors (Lipinski definition) is 7. The van der Waals surface area contributed by atoms with Gasteiger partial charge in [-0.1, -0.05) is 12.1 Å². The van der Waals surface area contributed by atoms with Crippen LogP contribution in [0, 0.1) is 6.92 Å². The Morgan fingerprint density at radius 3 is 3.06 bits per heavy atom. The Bertz CT molecular complexity index is 1360. The minimum Gasteiger partial charge on any atom is -0.365 e. The van der Waals surface area contributed by atoms with E-state index in [2.05, 4.69) is 41.1 Å². The predicted molar refractivity (Wildman–Crippen MR) is 120 cm³/mol. The number of benzene rings is 1. The van der Waals surface area contributed by atoms with Crippen molar-refractivity contribution in [2.45, 2.75) is 25.7 Å². The van der Waals surface area contributed by atoms with E-state index in [4.69, 9.17) is 9.72 Å². The van der Waals surface area contributed by atoms with Gasteiger partial charge in [0.05, 0.1) is 47.3 Å². The number of ether oxygens (including phenoxy) is 1. The quantitative estimate of drug-likeness (QED) is 0.467. The summed E-state index contributed by atoms with van der Waals surface area (Å²) in [5, 5.41) is 10.4. The van der Waals surface area contributed by atoms with E-state index in [0.29, 0.717) is 13.1 Å². The summed E-state index contributed by atoms with van der Waals surface area (Å²) in [5.41, 5.74) is 3.12. The molecule has 0 radical (unpaired) electrons. The van der Waals surface area contributed by atoms with E-state index in [1.54, 1.807) is 11.3 Å². The number of rotatable bonds is 4. The van der Waals surface area contributed by atoms with Crippen LogP contribution in [-0.4, -0.2) is 48.9 Å². The summed E-state index contributed by atoms with van der Waals surface area (Å²) < 4.78 is 9.85. The van der Waals surface area contributed by atoms with Gasteiger partial charge in [-0.05, 0) is 30.0 Å². The normalized spacial score (nSPS) is 19.5. The van der Waals surface area contributed by atoms with Gasteiger partial charge in [0.1, 0.15) is 11.9 Å². The highest BCUT2D eigenvalue weighted by molar-refractivity contribution is 7.17. The number of anilines is 1. The smallest absolute Gasteiger partial charge is 0.226 e. The lowest BCUT2D eigenvalue weighted by Crippen LogP contribution is -2.46. The second-order valence-corrected chi connectivity index (χ2v) is 8.74. The van der Waals surface area contributed by atoms with Gasteiger partial charge in [-0.25, -0.2) is 15.0 Å². The van der Waals surface area contributed by atoms with Crippen LogP contribution in [0.4, 0.5) is 5.95 Å². The van der Waals surface area contributed by atoms with Gasteiger partial charge in [0.2, 0.25) is 5.95 Å². The number of imidazole rings is 1. The molecule has 5 heterocycles. The third-order valence-electron chi connectivity index (χ3n) is 5.83. The van der Waals surface area contributed by atoms with E-state index in [0.717, 1.165) is 45.0 Å². The van der Waals surface area contributed by atoms with Crippen molar-refractivity contribution >= 4 is 38.4 Å². The van der Waals surface area contributed by atoms with Crippen molar-refractivity contribution in [3.63, 3.8) is 0 Å². The van der Waals surface area contributed by atoms with Gasteiger partial charge < -0.3 is 14.2 Å². The topological polar surface area (TPSA) is 84.8 Å². The van der Waals surface area contributed by atoms with Crippen molar-refractivity contribution in [2.75, 3.05) is 18.0 Å². The van der Waals surface area contributed by atoms with Gasteiger partial charge in [-0.2, -0.15) is 5.10 Å². The number of fused-ring (bicyclic) bond motifs is 2. The standard InChI is InChI=1S/C22H21N7OS/c1-14-23-6-7-28(14)11-15-12-29(22-24-10-21-19(26-22)5-8-31-21)13-20(30-15)16-3-2-4-18-17(16)9-25-27-18/h2-10,15,20H,11-13H2,1H3,(H,25,27). The van der Waals surface area contributed by atoms with Gasteiger partial charge in [-0.15, -0.1) is 11.3 Å². The molecule has 0 saturated carbocycles. The molecule has 2 atom stereocenters. The van der Waals surface area contributed by atoms with Crippen LogP contribution in [-0.2, 0) is 11.3 Å². The average molecular weight is 432 g/mol. The molecule has 4 aromatic heterocycles. The molecule has 1 aromatic carbocycles. The molecule has 6 rings (SSSR count). The van der Waals surface area contributed by atoms with Crippen molar-refractivity contribution in [1.29, 1.82) is 0 Å². The first-order valence-electron chi connectivity index (χ1n) is 10.2. The summed E-state index contributed by atoms with van der Waals surface area (Å²) in [6.45, 7) is 4.13. The lowest BCUT2D eigenvalue weighted by atomic mass is 10.0. The predicted octanol–water partition coefficient (Wildman–Crippen LogP) is 3.72. The largest absolute Gasteiger partial charge is 0.365 e. The summed E-state index contributed by atoms with van der Waals surface area (Å²) in [6.07, 6.45) is 7.46. The fraction of sp³-hybridized carbons (Fsp3) is 0.273. The summed E-state index contributed by atoms with van der Waals surface area (Å²) >= 11 is 1.66. The summed E-state index contributed by atoms with van der Waals surface area (Å²) in [5.74, 6) is 1.72. The summed E-state index contributed by atoms with van der Waals surface area (Å²) in [7, 11) is 0. The Morgan fingerprint density at radius 2 is 2.16 bits per heavy atom. The molecular weight excluding hydrogens is 410 g/mol. The van der Waals surface area contributed by atoms with Gasteiger partial charge in [-0.3, -0.25) is 5.10 Å². The Labute approximate surface area is 182 Å². The second kappa shape index (κ2) is 7.44. The Morgan fingerprint density at radius 1 is 1.19 bits per heavy atom. The first kappa shape index (κ1) is 18.5. The van der Waals surface area contributed by atoms with E-state index >= 15 is 0 Å². The van der Waals surface area contributed by atoms with Gasteiger partial charge in [0.25, 0.3) is 0 Å². The van der Waals surface area contributed by atoms with Crippen LogP contribution in [0.25, 0.3) is 21.1 Å². The van der Waals surface area contributed by atoms with Crippen LogP contribution in [0.2, 0.25) is 0 Å². The van der Waals surface area contributed by atoms with Gasteiger partial charge in [0.15, 0.2) is 0 Å². The number of aromatic amines is 1. The fourth-order valence-corrected chi connectivity index (χ4v) is 4.96. The maximum atomic E-state index is 6.62. The van der Waals surface area contributed by atoms with E-state index in [1.165, 1.54) is 0 Å². The maximum Gasteiger partial charge on any atom is 0.226 e. The second-order valence-electron chi connectivity index (χ2n) is 7.80. The molecule has 0 amide bonds. The van der Waals surface area contributed by atoms with Crippen molar-refractivity contribution in [1.82, 2.24) is 29.7 Å². The van der Waals surface area contributed by atoms with E-state index in [9.17, 15) is 0 Å². The highest BCUT2D eigenvalue weighted by Crippen LogP contribution is 2.32. The molecule has 1 fully saturated rings. The molecular formula is C22H21N7OS. The molecule has 1 aliphatic heterocycles. The van der Waals surface area contributed by atoms with Crippen LogP contribution in [0.15, 0.2) is 54.4 Å². The minimum atomic E-state index is -0.120. The average Bonchev–Trinajstić information content (AvgIpc) is 3.54. The van der Waals surface area contributed by atoms with Crippen LogP contribution in [0.5, 0.6) is 0 Å². The number of H-pyrrole nitrogens is 1. The number of aromatic nitrogens is 6. The fourth-order valence-electron chi connectivity index (χ4n) is 4.27. The molecule has 0 bridgehead atoms. The lowest BCUT2D eigenvalue weighted by molar-refractivity contribution is -0.0353. The van der Waals surface area contributed by atoms with Crippen LogP contribution in [0.3, 0.4) is 0 Å². The highest BCUT2D eigenvalue weighted by atomic mass is 32.1. The lowest BCUT2D eigenvalue weighted by Gasteiger charge is -2.38. The van der Waals surface area contributed by atoms with Gasteiger partial charge in [0, 0.05) is 24.3 Å². The summed E-state index contributed by atoms with van der Waals surface area (Å²) in [4.78, 5) is 16.1. The van der Waals surface area contributed by atoms with E-state index < -0.39 is 0 Å². The number of nitrogens with one attached hydrogen (secondary N) is 1. The van der Waals surface area contributed by atoms with Crippen molar-refractivity contribution in [3.05, 3.63) is 65.8 Å². The van der Waals surface area contributed by atoms with E-state index in [-0.39, 0.29) is 12.2 Å². The maximum absolute atomic E-state index is 6.62. The van der Waals surface area contributed by atoms with Gasteiger partial charge >= 0.3 is 0 Å². The molecule has 9 heteroatoms. The Balaban J connectivity index is 1.37. The zero-order valence-corrected chi connectivity index (χ0v) is 17.8. The van der Waals surface area contributed by atoms with Crippen LogP contribution < -0.4 is 4.90 Å². The molecule has 1 N–H and O–H groups in total. The number of nitrogens with zero attached hydrogens (tertiary/aromatic N) is 6. The molecule has 2 unspecified atom stereocenters. The van der Waals surface area contributed by atoms with Crippen molar-refractivity contribution in [3.8, 4) is 0 Å². The summed E-state index contributed by atoms with van der Waals surface area (Å²) in [6, 6.07) is 8.24. The third-order valence-corrected chi connectivity index (χ3v) is 6.67. The highest BCUT2D eigenvalue weighted by Gasteiger charge is 2.32. The molecule has 1 aliphatic rings. The first-order chi connectivity index (χ1) is 15.2. The van der Waals surface area contributed by atoms with Crippen molar-refractivity contribution in [2.24, 2.45) is 0 Å².